The van der Waals surface area contributed by atoms with E-state index in [2.05, 4.69) is 43.1 Å². The van der Waals surface area contributed by atoms with Gasteiger partial charge < -0.3 is 0 Å². The van der Waals surface area contributed by atoms with Gasteiger partial charge in [-0.1, -0.05) is 12.1 Å². The molecule has 3 radical (unpaired) electrons. The summed E-state index contributed by atoms with van der Waals surface area (Å²) in [5, 5.41) is 0. The second-order valence-corrected chi connectivity index (χ2v) is 3.32. The number of aryl methyl sites for hydroxylation is 1. The summed E-state index contributed by atoms with van der Waals surface area (Å²) in [6, 6.07) is 5.31. The van der Waals surface area contributed by atoms with Crippen LogP contribution >= 0.6 is 0 Å². The minimum absolute atomic E-state index is 0.951. The first-order chi connectivity index (χ1) is 5.16. The van der Waals surface area contributed by atoms with Gasteiger partial charge in [-0.15, -0.1) is 0 Å². The molecule has 0 saturated heterocycles. The Balaban J connectivity index is 3.25. The first-order valence-corrected chi connectivity index (χ1v) is 4.57. The van der Waals surface area contributed by atoms with Gasteiger partial charge in [0.2, 0.25) is 0 Å². The zero-order valence-electron chi connectivity index (χ0n) is 7.36. The van der Waals surface area contributed by atoms with Crippen molar-refractivity contribution >= 4 is 10.2 Å². The van der Waals surface area contributed by atoms with Gasteiger partial charge >= 0.3 is 0 Å². The topological polar surface area (TPSA) is 0 Å². The average molecular weight is 161 g/mol. The van der Waals surface area contributed by atoms with Crippen LogP contribution in [0.5, 0.6) is 0 Å². The van der Waals surface area contributed by atoms with Gasteiger partial charge in [0.25, 0.3) is 0 Å². The molecule has 0 atom stereocenters. The van der Waals surface area contributed by atoms with Crippen molar-refractivity contribution in [3.8, 4) is 0 Å². The van der Waals surface area contributed by atoms with Crippen LogP contribution in [0.3, 0.4) is 0 Å². The van der Waals surface area contributed by atoms with Crippen molar-refractivity contribution < 1.29 is 0 Å². The van der Waals surface area contributed by atoms with Crippen LogP contribution in [0.15, 0.2) is 12.1 Å². The Kier molecular flexibility index (Phi) is 2.50. The van der Waals surface area contributed by atoms with Crippen LogP contribution in [0, 0.1) is 20.8 Å². The van der Waals surface area contributed by atoms with Crippen molar-refractivity contribution in [3.63, 3.8) is 0 Å². The fraction of sp³-hybridized carbons (Fsp3) is 0.400. The minimum Gasteiger partial charge on any atom is -0.0588 e. The molecule has 0 saturated carbocycles. The van der Waals surface area contributed by atoms with Crippen LogP contribution in [-0.2, 0) is 6.04 Å². The normalized spacial score (nSPS) is 10.2. The van der Waals surface area contributed by atoms with Gasteiger partial charge in [-0.05, 0) is 49.1 Å². The van der Waals surface area contributed by atoms with Crippen LogP contribution in [-0.4, -0.2) is 10.2 Å². The van der Waals surface area contributed by atoms with E-state index in [9.17, 15) is 0 Å². The van der Waals surface area contributed by atoms with Gasteiger partial charge in [0.1, 0.15) is 0 Å². The van der Waals surface area contributed by atoms with Crippen LogP contribution in [0.2, 0.25) is 0 Å². The second-order valence-electron chi connectivity index (χ2n) is 2.97. The molecule has 0 unspecified atom stereocenters. The van der Waals surface area contributed by atoms with E-state index in [4.69, 9.17) is 0 Å². The molecule has 0 amide bonds. The van der Waals surface area contributed by atoms with E-state index >= 15 is 0 Å². The Hall–Kier alpha value is -0.563. The highest BCUT2D eigenvalue weighted by atomic mass is 28.1. The lowest BCUT2D eigenvalue weighted by molar-refractivity contribution is 1.20. The molecule has 1 aromatic carbocycles. The molecule has 1 heteroatoms. The Morgan fingerprint density at radius 2 is 1.73 bits per heavy atom. The van der Waals surface area contributed by atoms with Gasteiger partial charge in [0.05, 0.1) is 0 Å². The van der Waals surface area contributed by atoms with E-state index in [0.29, 0.717) is 0 Å². The number of hydrogen-bond donors (Lipinski definition) is 0. The molecule has 1 aromatic rings. The second kappa shape index (κ2) is 3.22. The van der Waals surface area contributed by atoms with E-state index in [1.54, 1.807) is 0 Å². The fourth-order valence-electron chi connectivity index (χ4n) is 1.20. The molecule has 0 aliphatic carbocycles. The highest BCUT2D eigenvalue weighted by molar-refractivity contribution is 6.08. The van der Waals surface area contributed by atoms with Gasteiger partial charge in [-0.3, -0.25) is 0 Å². The molecule has 0 aliphatic rings. The summed E-state index contributed by atoms with van der Waals surface area (Å²) in [6.45, 7) is 6.51. The van der Waals surface area contributed by atoms with Crippen LogP contribution in [0.1, 0.15) is 22.3 Å². The lowest BCUT2D eigenvalue weighted by Gasteiger charge is -2.08. The summed E-state index contributed by atoms with van der Waals surface area (Å²) >= 11 is 0. The van der Waals surface area contributed by atoms with Gasteiger partial charge in [-0.2, -0.15) is 0 Å². The summed E-state index contributed by atoms with van der Waals surface area (Å²) in [5.41, 5.74) is 5.61. The zero-order valence-corrected chi connectivity index (χ0v) is 8.36. The summed E-state index contributed by atoms with van der Waals surface area (Å²) in [6.07, 6.45) is 0. The Bertz CT molecular complexity index is 264. The summed E-state index contributed by atoms with van der Waals surface area (Å²) < 4.78 is 0. The smallest absolute Gasteiger partial charge is 0.0283 e. The van der Waals surface area contributed by atoms with Crippen LogP contribution in [0.4, 0.5) is 0 Å². The van der Waals surface area contributed by atoms with E-state index in [0.717, 1.165) is 6.04 Å². The quantitative estimate of drug-likeness (QED) is 0.554. The van der Waals surface area contributed by atoms with Gasteiger partial charge in [0.15, 0.2) is 0 Å². The Morgan fingerprint density at radius 1 is 1.09 bits per heavy atom. The molecular formula is C10H13Si. The highest BCUT2D eigenvalue weighted by Gasteiger charge is 2.00. The van der Waals surface area contributed by atoms with Crippen molar-refractivity contribution in [1.82, 2.24) is 0 Å². The summed E-state index contributed by atoms with van der Waals surface area (Å²) in [4.78, 5) is 0. The molecule has 0 nitrogen and oxygen atoms in total. The van der Waals surface area contributed by atoms with Crippen molar-refractivity contribution in [1.29, 1.82) is 0 Å². The molecule has 0 spiro atoms. The molecule has 0 aliphatic heterocycles. The third kappa shape index (κ3) is 1.54. The summed E-state index contributed by atoms with van der Waals surface area (Å²) in [7, 11) is 3.51. The lowest BCUT2D eigenvalue weighted by Crippen LogP contribution is -1.94. The minimum atomic E-state index is 0.951. The zero-order chi connectivity index (χ0) is 8.43. The molecule has 0 bridgehead atoms. The average Bonchev–Trinajstić information content (AvgIpc) is 2.01. The molecule has 57 valence electrons. The maximum atomic E-state index is 3.51. The van der Waals surface area contributed by atoms with Crippen LogP contribution < -0.4 is 0 Å². The number of rotatable bonds is 1. The molecule has 0 fully saturated rings. The van der Waals surface area contributed by atoms with Crippen LogP contribution in [0.25, 0.3) is 0 Å². The van der Waals surface area contributed by atoms with Crippen molar-refractivity contribution in [2.75, 3.05) is 0 Å². The maximum absolute atomic E-state index is 3.51. The fourth-order valence-corrected chi connectivity index (χ4v) is 1.59. The first kappa shape index (κ1) is 8.53. The molecule has 11 heavy (non-hydrogen) atoms. The Morgan fingerprint density at radius 3 is 2.27 bits per heavy atom. The maximum Gasteiger partial charge on any atom is 0.0283 e. The number of benzene rings is 1. The summed E-state index contributed by atoms with van der Waals surface area (Å²) in [5.74, 6) is 0. The largest absolute Gasteiger partial charge is 0.0588 e. The lowest BCUT2D eigenvalue weighted by atomic mass is 10.00. The SMILES string of the molecule is Cc1ccc(C[Si])c(C)c1C. The molecule has 0 heterocycles. The van der Waals surface area contributed by atoms with E-state index in [1.807, 2.05) is 0 Å². The molecule has 1 rings (SSSR count). The molecular weight excluding hydrogens is 148 g/mol. The third-order valence-electron chi connectivity index (χ3n) is 2.36. The third-order valence-corrected chi connectivity index (χ3v) is 2.74. The van der Waals surface area contributed by atoms with E-state index < -0.39 is 0 Å². The highest BCUT2D eigenvalue weighted by Crippen LogP contribution is 2.16. The van der Waals surface area contributed by atoms with Gasteiger partial charge in [0, 0.05) is 10.2 Å². The monoisotopic (exact) mass is 161 g/mol. The Labute approximate surface area is 72.1 Å². The molecule has 0 N–H and O–H groups in total. The first-order valence-electron chi connectivity index (χ1n) is 3.87. The number of hydrogen-bond acceptors (Lipinski definition) is 0. The molecule has 0 aromatic heterocycles. The van der Waals surface area contributed by atoms with Crippen molar-refractivity contribution in [2.45, 2.75) is 26.8 Å². The standard InChI is InChI=1S/C10H13Si/c1-7-4-5-10(6-11)9(3)8(7)2/h4-5H,6H2,1-3H3. The van der Waals surface area contributed by atoms with Crippen molar-refractivity contribution in [3.05, 3.63) is 34.4 Å². The predicted molar refractivity (Wildman–Crippen MR) is 50.1 cm³/mol. The van der Waals surface area contributed by atoms with E-state index in [1.165, 1.54) is 22.3 Å². The van der Waals surface area contributed by atoms with E-state index in [-0.39, 0.29) is 0 Å². The van der Waals surface area contributed by atoms with Gasteiger partial charge in [-0.25, -0.2) is 0 Å². The van der Waals surface area contributed by atoms with Crippen molar-refractivity contribution in [2.24, 2.45) is 0 Å². The predicted octanol–water partition coefficient (Wildman–Crippen LogP) is 2.28.